The maximum absolute atomic E-state index is 10.8. The van der Waals surface area contributed by atoms with Crippen molar-refractivity contribution in [2.45, 2.75) is 37.4 Å². The van der Waals surface area contributed by atoms with Crippen LogP contribution in [-0.4, -0.2) is 18.3 Å². The minimum atomic E-state index is -0.136. The molecule has 15 heavy (non-hydrogen) atoms. The van der Waals surface area contributed by atoms with E-state index in [1.165, 1.54) is 0 Å². The van der Waals surface area contributed by atoms with Crippen LogP contribution in [0.5, 0.6) is 0 Å². The van der Waals surface area contributed by atoms with Crippen LogP contribution in [0.3, 0.4) is 0 Å². The Bertz CT molecular complexity index is 279. The van der Waals surface area contributed by atoms with Gasteiger partial charge >= 0.3 is 0 Å². The molecule has 0 aromatic heterocycles. The molecule has 1 N–H and O–H groups in total. The first-order valence-corrected chi connectivity index (χ1v) is 6.48. The number of nitrogens with zero attached hydrogens (tertiary/aromatic N) is 1. The van der Waals surface area contributed by atoms with E-state index >= 15 is 0 Å². The van der Waals surface area contributed by atoms with Crippen molar-refractivity contribution < 1.29 is 4.79 Å². The molecule has 0 heterocycles. The predicted molar refractivity (Wildman–Crippen MR) is 70.8 cm³/mol. The standard InChI is InChI=1S/C10H16BIN2O/c11-10(7-13)4-1-2-8(3-5-10)6-14-9(12)15/h8H,1-6,11H2,(H,14,15). The number of carbonyl (C=O) groups excluding carboxylic acids is 1. The molecule has 0 aliphatic heterocycles. The fraction of sp³-hybridized carbons (Fsp3) is 0.800. The summed E-state index contributed by atoms with van der Waals surface area (Å²) < 4.78 is 0.0138. The smallest absolute Gasteiger partial charge is 0.280 e. The highest BCUT2D eigenvalue weighted by Crippen LogP contribution is 2.39. The van der Waals surface area contributed by atoms with E-state index < -0.39 is 0 Å². The number of hydrogen-bond acceptors (Lipinski definition) is 2. The van der Waals surface area contributed by atoms with E-state index in [4.69, 9.17) is 5.26 Å². The number of nitriles is 1. The van der Waals surface area contributed by atoms with Crippen molar-refractivity contribution in [3.05, 3.63) is 0 Å². The molecule has 0 bridgehead atoms. The van der Waals surface area contributed by atoms with Crippen LogP contribution in [0.1, 0.15) is 32.1 Å². The average molecular weight is 318 g/mol. The summed E-state index contributed by atoms with van der Waals surface area (Å²) in [5, 5.41) is 11.8. The summed E-state index contributed by atoms with van der Waals surface area (Å²) in [7, 11) is 2.05. The maximum atomic E-state index is 10.8. The van der Waals surface area contributed by atoms with E-state index in [-0.39, 0.29) is 9.23 Å². The molecule has 1 aliphatic carbocycles. The quantitative estimate of drug-likeness (QED) is 0.278. The van der Waals surface area contributed by atoms with Crippen molar-refractivity contribution in [1.29, 1.82) is 5.26 Å². The average Bonchev–Trinajstić information content (AvgIpc) is 2.38. The molecule has 1 fully saturated rings. The molecule has 0 aromatic rings. The van der Waals surface area contributed by atoms with Crippen molar-refractivity contribution in [2.24, 2.45) is 5.92 Å². The zero-order valence-electron chi connectivity index (χ0n) is 9.05. The molecule has 5 heteroatoms. The summed E-state index contributed by atoms with van der Waals surface area (Å²) in [6.07, 6.45) is 5.25. The molecule has 0 radical (unpaired) electrons. The minimum absolute atomic E-state index is 0.0138. The van der Waals surface area contributed by atoms with E-state index in [1.807, 2.05) is 7.85 Å². The number of rotatable bonds is 2. The summed E-state index contributed by atoms with van der Waals surface area (Å²) >= 11 is 1.76. The Hall–Kier alpha value is -0.245. The first-order valence-electron chi connectivity index (χ1n) is 5.40. The van der Waals surface area contributed by atoms with Gasteiger partial charge in [-0.25, -0.2) is 0 Å². The second kappa shape index (κ2) is 5.73. The Labute approximate surface area is 106 Å². The molecule has 1 aliphatic rings. The highest BCUT2D eigenvalue weighted by atomic mass is 127. The third-order valence-corrected chi connectivity index (χ3v) is 3.63. The largest absolute Gasteiger partial charge is 0.347 e. The van der Waals surface area contributed by atoms with E-state index in [9.17, 15) is 4.79 Å². The molecule has 1 rings (SSSR count). The van der Waals surface area contributed by atoms with Crippen LogP contribution in [0.2, 0.25) is 5.31 Å². The van der Waals surface area contributed by atoms with E-state index in [0.29, 0.717) is 5.92 Å². The van der Waals surface area contributed by atoms with Crippen LogP contribution in [0, 0.1) is 17.2 Å². The van der Waals surface area contributed by atoms with Gasteiger partial charge in [-0.1, -0.05) is 6.42 Å². The predicted octanol–water partition coefficient (Wildman–Crippen LogP) is 2.03. The maximum Gasteiger partial charge on any atom is 0.280 e. The Kier molecular flexibility index (Phi) is 4.90. The lowest BCUT2D eigenvalue weighted by atomic mass is 9.65. The van der Waals surface area contributed by atoms with E-state index in [1.54, 1.807) is 22.6 Å². The second-order valence-corrected chi connectivity index (χ2v) is 5.60. The van der Waals surface area contributed by atoms with Gasteiger partial charge in [-0.2, -0.15) is 5.26 Å². The molecule has 0 saturated heterocycles. The number of halogens is 1. The van der Waals surface area contributed by atoms with Gasteiger partial charge < -0.3 is 5.32 Å². The van der Waals surface area contributed by atoms with Gasteiger partial charge in [0.15, 0.2) is 0 Å². The number of nitrogens with one attached hydrogen (secondary N) is 1. The zero-order chi connectivity index (χ0) is 11.3. The van der Waals surface area contributed by atoms with Gasteiger partial charge in [-0.3, -0.25) is 4.79 Å². The minimum Gasteiger partial charge on any atom is -0.347 e. The first kappa shape index (κ1) is 12.8. The highest BCUT2D eigenvalue weighted by molar-refractivity contribution is 14.1. The van der Waals surface area contributed by atoms with Crippen LogP contribution in [-0.2, 0) is 0 Å². The SMILES string of the molecule is BC1(C#N)CCCC(CNC(=O)I)CC1. The molecular formula is C10H16BIN2O. The Morgan fingerprint density at radius 2 is 2.33 bits per heavy atom. The molecular weight excluding hydrogens is 302 g/mol. The third kappa shape index (κ3) is 4.41. The van der Waals surface area contributed by atoms with Gasteiger partial charge in [0.1, 0.15) is 7.85 Å². The van der Waals surface area contributed by atoms with Gasteiger partial charge in [0, 0.05) is 34.4 Å². The molecule has 3 nitrogen and oxygen atoms in total. The molecule has 2 unspecified atom stereocenters. The summed E-state index contributed by atoms with van der Waals surface area (Å²) in [6.45, 7) is 0.767. The Morgan fingerprint density at radius 3 is 2.93 bits per heavy atom. The lowest BCUT2D eigenvalue weighted by Crippen LogP contribution is -2.24. The zero-order valence-corrected chi connectivity index (χ0v) is 11.2. The fourth-order valence-corrected chi connectivity index (χ4v) is 2.33. The molecule has 0 aromatic carbocycles. The molecule has 0 spiro atoms. The number of hydrogen-bond donors (Lipinski definition) is 1. The first-order chi connectivity index (χ1) is 7.06. The van der Waals surface area contributed by atoms with Crippen molar-refractivity contribution in [2.75, 3.05) is 6.54 Å². The molecule has 1 amide bonds. The lowest BCUT2D eigenvalue weighted by Gasteiger charge is -2.18. The van der Waals surface area contributed by atoms with Gasteiger partial charge in [0.25, 0.3) is 3.91 Å². The molecule has 2 atom stereocenters. The summed E-state index contributed by atoms with van der Waals surface area (Å²) in [5.74, 6) is 0.555. The van der Waals surface area contributed by atoms with E-state index in [0.717, 1.165) is 38.6 Å². The lowest BCUT2D eigenvalue weighted by molar-refractivity contribution is 0.260. The number of carbonyl (C=O) groups is 1. The van der Waals surface area contributed by atoms with Crippen LogP contribution < -0.4 is 5.32 Å². The Morgan fingerprint density at radius 1 is 1.60 bits per heavy atom. The van der Waals surface area contributed by atoms with Crippen LogP contribution in [0.25, 0.3) is 0 Å². The van der Waals surface area contributed by atoms with Crippen molar-refractivity contribution in [3.63, 3.8) is 0 Å². The highest BCUT2D eigenvalue weighted by Gasteiger charge is 2.28. The van der Waals surface area contributed by atoms with Crippen LogP contribution in [0.15, 0.2) is 0 Å². The molecule has 82 valence electrons. The second-order valence-electron chi connectivity index (χ2n) is 4.62. The Balaban J connectivity index is 2.40. The summed E-state index contributed by atoms with van der Waals surface area (Å²) in [5.41, 5.74) is 0. The van der Waals surface area contributed by atoms with Crippen LogP contribution in [0.4, 0.5) is 4.79 Å². The van der Waals surface area contributed by atoms with Gasteiger partial charge in [-0.05, 0) is 31.6 Å². The topological polar surface area (TPSA) is 52.9 Å². The summed E-state index contributed by atoms with van der Waals surface area (Å²) in [6, 6.07) is 2.42. The van der Waals surface area contributed by atoms with E-state index in [2.05, 4.69) is 11.4 Å². The third-order valence-electron chi connectivity index (χ3n) is 3.24. The summed E-state index contributed by atoms with van der Waals surface area (Å²) in [4.78, 5) is 10.8. The van der Waals surface area contributed by atoms with Crippen LogP contribution >= 0.6 is 22.6 Å². The van der Waals surface area contributed by atoms with Crippen molar-refractivity contribution in [3.8, 4) is 6.07 Å². The van der Waals surface area contributed by atoms with Crippen molar-refractivity contribution >= 4 is 34.4 Å². The van der Waals surface area contributed by atoms with Gasteiger partial charge in [0.05, 0.1) is 6.07 Å². The van der Waals surface area contributed by atoms with Crippen molar-refractivity contribution in [1.82, 2.24) is 5.32 Å². The fourth-order valence-electron chi connectivity index (χ4n) is 2.11. The van der Waals surface area contributed by atoms with Gasteiger partial charge in [0.2, 0.25) is 0 Å². The molecule has 1 saturated carbocycles. The normalized spacial score (nSPS) is 31.3. The van der Waals surface area contributed by atoms with Gasteiger partial charge in [-0.15, -0.1) is 0 Å². The monoisotopic (exact) mass is 318 g/mol. The number of amides is 1.